The Morgan fingerprint density at radius 3 is 2.94 bits per heavy atom. The molecule has 1 aliphatic heterocycles. The molecule has 2 rings (SSSR count). The van der Waals surface area contributed by atoms with Gasteiger partial charge in [0.1, 0.15) is 0 Å². The maximum Gasteiger partial charge on any atom is 0.0798 e. The Morgan fingerprint density at radius 1 is 1.53 bits per heavy atom. The molecule has 96 valence electrons. The first-order chi connectivity index (χ1) is 8.09. The van der Waals surface area contributed by atoms with Crippen molar-refractivity contribution in [3.05, 3.63) is 16.1 Å². The van der Waals surface area contributed by atoms with Gasteiger partial charge in [-0.1, -0.05) is 6.42 Å². The molecule has 0 bridgehead atoms. The van der Waals surface area contributed by atoms with Crippen LogP contribution in [-0.4, -0.2) is 35.6 Å². The number of aromatic nitrogens is 1. The second kappa shape index (κ2) is 5.46. The van der Waals surface area contributed by atoms with E-state index in [0.717, 1.165) is 13.1 Å². The molecule has 4 heteroatoms. The van der Waals surface area contributed by atoms with Crippen LogP contribution in [0.2, 0.25) is 0 Å². The molecular formula is C13H23N3S. The number of hydrogen-bond donors (Lipinski definition) is 1. The molecule has 1 atom stereocenters. The molecule has 1 aromatic heterocycles. The summed E-state index contributed by atoms with van der Waals surface area (Å²) in [6.45, 7) is 7.75. The summed E-state index contributed by atoms with van der Waals surface area (Å²) in [6, 6.07) is 0. The Morgan fingerprint density at radius 2 is 2.35 bits per heavy atom. The van der Waals surface area contributed by atoms with Crippen LogP contribution in [0.25, 0.3) is 0 Å². The summed E-state index contributed by atoms with van der Waals surface area (Å²) in [5.74, 6) is 0. The van der Waals surface area contributed by atoms with Crippen LogP contribution in [0, 0.1) is 6.92 Å². The van der Waals surface area contributed by atoms with Crippen LogP contribution in [-0.2, 0) is 6.54 Å². The van der Waals surface area contributed by atoms with Crippen molar-refractivity contribution in [2.24, 2.45) is 0 Å². The number of hydrogen-bond acceptors (Lipinski definition) is 4. The highest BCUT2D eigenvalue weighted by molar-refractivity contribution is 7.09. The van der Waals surface area contributed by atoms with Crippen molar-refractivity contribution >= 4 is 11.3 Å². The van der Waals surface area contributed by atoms with Gasteiger partial charge in [0.05, 0.1) is 11.2 Å². The normalized spacial score (nSPS) is 25.4. The average Bonchev–Trinajstić information content (AvgIpc) is 2.64. The quantitative estimate of drug-likeness (QED) is 0.893. The van der Waals surface area contributed by atoms with E-state index in [9.17, 15) is 0 Å². The van der Waals surface area contributed by atoms with Crippen LogP contribution in [0.3, 0.4) is 0 Å². The summed E-state index contributed by atoms with van der Waals surface area (Å²) in [7, 11) is 2.21. The lowest BCUT2D eigenvalue weighted by molar-refractivity contribution is 0.183. The van der Waals surface area contributed by atoms with E-state index >= 15 is 0 Å². The third-order valence-electron chi connectivity index (χ3n) is 3.58. The predicted molar refractivity (Wildman–Crippen MR) is 73.4 cm³/mol. The molecule has 2 heterocycles. The summed E-state index contributed by atoms with van der Waals surface area (Å²) in [5.41, 5.74) is 3.42. The predicted octanol–water partition coefficient (Wildman–Crippen LogP) is 2.42. The van der Waals surface area contributed by atoms with E-state index in [2.05, 4.69) is 36.1 Å². The number of nitrogens with zero attached hydrogens (tertiary/aromatic N) is 2. The van der Waals surface area contributed by atoms with Gasteiger partial charge in [-0.15, -0.1) is 11.3 Å². The van der Waals surface area contributed by atoms with Gasteiger partial charge in [0.25, 0.3) is 0 Å². The summed E-state index contributed by atoms with van der Waals surface area (Å²) >= 11 is 1.77. The average molecular weight is 253 g/mol. The molecule has 1 unspecified atom stereocenters. The number of nitrogens with one attached hydrogen (secondary N) is 1. The monoisotopic (exact) mass is 253 g/mol. The zero-order chi connectivity index (χ0) is 12.3. The Labute approximate surface area is 108 Å². The van der Waals surface area contributed by atoms with E-state index in [1.54, 1.807) is 11.3 Å². The van der Waals surface area contributed by atoms with Crippen LogP contribution in [0.5, 0.6) is 0 Å². The van der Waals surface area contributed by atoms with E-state index in [1.165, 1.54) is 36.4 Å². The van der Waals surface area contributed by atoms with Crippen LogP contribution < -0.4 is 5.32 Å². The van der Waals surface area contributed by atoms with Crippen molar-refractivity contribution in [2.45, 2.75) is 45.2 Å². The van der Waals surface area contributed by atoms with Gasteiger partial charge in [0, 0.05) is 23.5 Å². The van der Waals surface area contributed by atoms with Gasteiger partial charge in [-0.2, -0.15) is 0 Å². The topological polar surface area (TPSA) is 28.2 Å². The van der Waals surface area contributed by atoms with Crippen molar-refractivity contribution in [1.82, 2.24) is 15.2 Å². The zero-order valence-corrected chi connectivity index (χ0v) is 11.9. The Kier molecular flexibility index (Phi) is 4.17. The van der Waals surface area contributed by atoms with E-state index < -0.39 is 0 Å². The number of aryl methyl sites for hydroxylation is 1. The summed E-state index contributed by atoms with van der Waals surface area (Å²) in [5, 5.41) is 3.67. The van der Waals surface area contributed by atoms with Gasteiger partial charge in [0.2, 0.25) is 0 Å². The summed E-state index contributed by atoms with van der Waals surface area (Å²) < 4.78 is 0. The fourth-order valence-corrected chi connectivity index (χ4v) is 3.48. The third kappa shape index (κ3) is 3.50. The molecule has 1 saturated heterocycles. The van der Waals surface area contributed by atoms with Crippen molar-refractivity contribution in [3.8, 4) is 0 Å². The first-order valence-electron chi connectivity index (χ1n) is 6.42. The minimum Gasteiger partial charge on any atom is -0.310 e. The maximum atomic E-state index is 4.31. The molecular weight excluding hydrogens is 230 g/mol. The molecule has 1 N–H and O–H groups in total. The minimum absolute atomic E-state index is 0.297. The molecule has 17 heavy (non-hydrogen) atoms. The molecule has 0 spiro atoms. The van der Waals surface area contributed by atoms with E-state index in [-0.39, 0.29) is 0 Å². The Hall–Kier alpha value is -0.450. The number of thiazole rings is 1. The van der Waals surface area contributed by atoms with Crippen molar-refractivity contribution in [3.63, 3.8) is 0 Å². The third-order valence-corrected chi connectivity index (χ3v) is 4.50. The molecule has 0 aromatic carbocycles. The van der Waals surface area contributed by atoms with Gasteiger partial charge < -0.3 is 5.32 Å². The molecule has 1 aliphatic rings. The largest absolute Gasteiger partial charge is 0.310 e. The number of rotatable bonds is 4. The fourth-order valence-electron chi connectivity index (χ4n) is 2.63. The standard InChI is InChI=1S/C13H23N3S/c1-11-12(17-10-14-11)8-16(3)9-13(2)6-4-5-7-15-13/h10,15H,4-9H2,1-3H3. The summed E-state index contributed by atoms with van der Waals surface area (Å²) in [4.78, 5) is 8.12. The SMILES string of the molecule is Cc1ncsc1CN(C)CC1(C)CCCCN1. The highest BCUT2D eigenvalue weighted by Gasteiger charge is 2.27. The van der Waals surface area contributed by atoms with Crippen LogP contribution in [0.4, 0.5) is 0 Å². The minimum atomic E-state index is 0.297. The fraction of sp³-hybridized carbons (Fsp3) is 0.769. The molecule has 0 radical (unpaired) electrons. The first-order valence-corrected chi connectivity index (χ1v) is 7.30. The van der Waals surface area contributed by atoms with E-state index in [0.29, 0.717) is 5.54 Å². The molecule has 0 amide bonds. The first kappa shape index (κ1) is 13.0. The molecule has 0 aliphatic carbocycles. The molecule has 1 aromatic rings. The second-order valence-electron chi connectivity index (χ2n) is 5.48. The zero-order valence-electron chi connectivity index (χ0n) is 11.1. The maximum absolute atomic E-state index is 4.31. The lowest BCUT2D eigenvalue weighted by atomic mass is 9.90. The van der Waals surface area contributed by atoms with Gasteiger partial charge in [0.15, 0.2) is 0 Å². The van der Waals surface area contributed by atoms with E-state index in [4.69, 9.17) is 0 Å². The van der Waals surface area contributed by atoms with Crippen molar-refractivity contribution in [1.29, 1.82) is 0 Å². The number of piperidine rings is 1. The van der Waals surface area contributed by atoms with Gasteiger partial charge in [-0.05, 0) is 40.3 Å². The molecule has 1 fully saturated rings. The lowest BCUT2D eigenvalue weighted by Gasteiger charge is -2.38. The summed E-state index contributed by atoms with van der Waals surface area (Å²) in [6.07, 6.45) is 3.98. The van der Waals surface area contributed by atoms with Crippen LogP contribution in [0.1, 0.15) is 36.8 Å². The Bertz CT molecular complexity index is 355. The van der Waals surface area contributed by atoms with Crippen LogP contribution >= 0.6 is 11.3 Å². The van der Waals surface area contributed by atoms with Crippen LogP contribution in [0.15, 0.2) is 5.51 Å². The van der Waals surface area contributed by atoms with Gasteiger partial charge in [-0.25, -0.2) is 4.98 Å². The van der Waals surface area contributed by atoms with Crippen molar-refractivity contribution in [2.75, 3.05) is 20.1 Å². The van der Waals surface area contributed by atoms with E-state index in [1.807, 2.05) is 5.51 Å². The van der Waals surface area contributed by atoms with Gasteiger partial charge in [-0.3, -0.25) is 4.90 Å². The molecule has 3 nitrogen and oxygen atoms in total. The second-order valence-corrected chi connectivity index (χ2v) is 6.42. The number of likely N-dealkylation sites (N-methyl/N-ethyl adjacent to an activating group) is 1. The molecule has 0 saturated carbocycles. The highest BCUT2D eigenvalue weighted by atomic mass is 32.1. The van der Waals surface area contributed by atoms with Crippen molar-refractivity contribution < 1.29 is 0 Å². The smallest absolute Gasteiger partial charge is 0.0798 e. The highest BCUT2D eigenvalue weighted by Crippen LogP contribution is 2.21. The Balaban J connectivity index is 1.88. The van der Waals surface area contributed by atoms with Gasteiger partial charge >= 0.3 is 0 Å². The lowest BCUT2D eigenvalue weighted by Crippen LogP contribution is -2.52.